The lowest BCUT2D eigenvalue weighted by Crippen LogP contribution is -2.43. The Bertz CT molecular complexity index is 1240. The molecule has 0 unspecified atom stereocenters. The van der Waals surface area contributed by atoms with Crippen molar-refractivity contribution in [3.05, 3.63) is 57.6 Å². The first kappa shape index (κ1) is 34.8. The zero-order valence-corrected chi connectivity index (χ0v) is 31.8. The number of benzene rings is 2. The quantitative estimate of drug-likeness (QED) is 0.314. The van der Waals surface area contributed by atoms with Crippen molar-refractivity contribution in [2.24, 2.45) is 0 Å². The van der Waals surface area contributed by atoms with Gasteiger partial charge in [0.05, 0.1) is 0 Å². The first-order chi connectivity index (χ1) is 20.8. The molecule has 0 bridgehead atoms. The van der Waals surface area contributed by atoms with Crippen molar-refractivity contribution >= 4 is 8.53 Å². The summed E-state index contributed by atoms with van der Waals surface area (Å²) in [6, 6.07) is 10.9. The van der Waals surface area contributed by atoms with Gasteiger partial charge in [0.2, 0.25) is 0 Å². The van der Waals surface area contributed by atoms with E-state index >= 15 is 0 Å². The Morgan fingerprint density at radius 1 is 0.511 bits per heavy atom. The van der Waals surface area contributed by atoms with E-state index in [2.05, 4.69) is 112 Å². The average molecular weight is 634 g/mol. The van der Waals surface area contributed by atoms with E-state index in [0.717, 1.165) is 17.9 Å². The van der Waals surface area contributed by atoms with E-state index in [1.165, 1.54) is 97.6 Å². The van der Waals surface area contributed by atoms with Crippen LogP contribution in [0.3, 0.4) is 0 Å². The van der Waals surface area contributed by atoms with E-state index in [4.69, 9.17) is 9.05 Å². The van der Waals surface area contributed by atoms with Gasteiger partial charge in [-0.1, -0.05) is 146 Å². The van der Waals surface area contributed by atoms with Crippen LogP contribution in [0.2, 0.25) is 0 Å². The van der Waals surface area contributed by atoms with Crippen molar-refractivity contribution in [3.63, 3.8) is 0 Å². The minimum Gasteiger partial charge on any atom is -0.426 e. The van der Waals surface area contributed by atoms with Gasteiger partial charge in [-0.05, 0) is 69.6 Å². The predicted octanol–water partition coefficient (Wildman–Crippen LogP) is 12.4. The molecular formula is C41H64NO2P. The van der Waals surface area contributed by atoms with Crippen LogP contribution in [0.5, 0.6) is 11.5 Å². The largest absolute Gasteiger partial charge is 0.426 e. The van der Waals surface area contributed by atoms with Crippen LogP contribution in [0.25, 0.3) is 0 Å². The Morgan fingerprint density at radius 2 is 0.867 bits per heavy atom. The normalized spacial score (nSPS) is 19.8. The molecule has 0 N–H and O–H groups in total. The second-order valence-electron chi connectivity index (χ2n) is 18.6. The predicted molar refractivity (Wildman–Crippen MR) is 194 cm³/mol. The molecule has 45 heavy (non-hydrogen) atoms. The summed E-state index contributed by atoms with van der Waals surface area (Å²) < 4.78 is 17.8. The molecule has 0 saturated heterocycles. The second kappa shape index (κ2) is 12.8. The molecule has 0 spiro atoms. The molecule has 2 saturated carbocycles. The second-order valence-corrected chi connectivity index (χ2v) is 19.9. The van der Waals surface area contributed by atoms with E-state index in [9.17, 15) is 0 Å². The number of rotatable bonds is 3. The maximum atomic E-state index is 7.52. The molecule has 0 amide bonds. The summed E-state index contributed by atoms with van der Waals surface area (Å²) in [6.45, 7) is 28.2. The molecule has 0 aromatic heterocycles. The van der Waals surface area contributed by atoms with Crippen LogP contribution < -0.4 is 9.05 Å². The van der Waals surface area contributed by atoms with Crippen LogP contribution in [0.1, 0.15) is 181 Å². The lowest BCUT2D eigenvalue weighted by Gasteiger charge is -2.45. The fraction of sp³-hybridized carbons (Fsp3) is 0.707. The van der Waals surface area contributed by atoms with E-state index in [1.807, 2.05) is 0 Å². The molecule has 0 atom stereocenters. The van der Waals surface area contributed by atoms with E-state index in [-0.39, 0.29) is 21.7 Å². The molecular weight excluding hydrogens is 569 g/mol. The fourth-order valence-corrected chi connectivity index (χ4v) is 9.53. The van der Waals surface area contributed by atoms with E-state index in [1.54, 1.807) is 0 Å². The van der Waals surface area contributed by atoms with Gasteiger partial charge < -0.3 is 9.05 Å². The first-order valence-corrected chi connectivity index (χ1v) is 19.3. The number of hydrogen-bond donors (Lipinski definition) is 0. The van der Waals surface area contributed by atoms with E-state index < -0.39 is 8.53 Å². The van der Waals surface area contributed by atoms with Crippen LogP contribution in [0.4, 0.5) is 0 Å². The van der Waals surface area contributed by atoms with Gasteiger partial charge in [-0.2, -0.15) is 0 Å². The summed E-state index contributed by atoms with van der Waals surface area (Å²) in [5, 5.41) is 0. The molecule has 3 aliphatic rings. The molecule has 2 fully saturated rings. The lowest BCUT2D eigenvalue weighted by molar-refractivity contribution is 0.152. The van der Waals surface area contributed by atoms with Crippen molar-refractivity contribution in [1.29, 1.82) is 0 Å². The lowest BCUT2D eigenvalue weighted by atomic mass is 9.76. The SMILES string of the molecule is CC(C)(C)c1cc2c(c(C(C)(C)C)c1)OP(N(C1CCCCC1)C1CCCCC1)Oc1c(cc(C(C)(C)C)cc1C(C)(C)C)C2. The number of hydrogen-bond acceptors (Lipinski definition) is 3. The topological polar surface area (TPSA) is 21.7 Å². The third-order valence-corrected chi connectivity index (χ3v) is 12.2. The molecule has 5 rings (SSSR count). The Morgan fingerprint density at radius 3 is 1.18 bits per heavy atom. The highest BCUT2D eigenvalue weighted by atomic mass is 31.2. The summed E-state index contributed by atoms with van der Waals surface area (Å²) >= 11 is 0. The van der Waals surface area contributed by atoms with Gasteiger partial charge in [0.1, 0.15) is 11.5 Å². The summed E-state index contributed by atoms with van der Waals surface area (Å²) in [7, 11) is -1.37. The maximum absolute atomic E-state index is 7.52. The Labute approximate surface area is 278 Å². The van der Waals surface area contributed by atoms with Gasteiger partial charge in [-0.3, -0.25) is 0 Å². The van der Waals surface area contributed by atoms with Crippen LogP contribution >= 0.6 is 8.53 Å². The van der Waals surface area contributed by atoms with Crippen LogP contribution in [0, 0.1) is 0 Å². The molecule has 0 radical (unpaired) electrons. The summed E-state index contributed by atoms with van der Waals surface area (Å²) in [5.74, 6) is 2.17. The molecule has 250 valence electrons. The van der Waals surface area contributed by atoms with Crippen molar-refractivity contribution in [2.45, 2.75) is 187 Å². The van der Waals surface area contributed by atoms with Crippen LogP contribution in [-0.4, -0.2) is 16.8 Å². The molecule has 1 heterocycles. The Hall–Kier alpha value is -1.57. The highest BCUT2D eigenvalue weighted by Gasteiger charge is 2.42. The summed E-state index contributed by atoms with van der Waals surface area (Å²) in [4.78, 5) is 0. The molecule has 4 heteroatoms. The first-order valence-electron chi connectivity index (χ1n) is 18.1. The Kier molecular flexibility index (Phi) is 9.89. The highest BCUT2D eigenvalue weighted by molar-refractivity contribution is 7.45. The summed E-state index contributed by atoms with van der Waals surface area (Å²) in [6.07, 6.45) is 13.8. The maximum Gasteiger partial charge on any atom is 0.385 e. The molecule has 2 aromatic carbocycles. The minimum absolute atomic E-state index is 0.0432. The van der Waals surface area contributed by atoms with Crippen LogP contribution in [0.15, 0.2) is 24.3 Å². The third kappa shape index (κ3) is 7.78. The van der Waals surface area contributed by atoms with Crippen molar-refractivity contribution in [2.75, 3.05) is 0 Å². The Balaban J connectivity index is 1.80. The standard InChI is InChI=1S/C41H64NO2P/c1-38(2,3)30-24-28-23-29-25-31(39(4,5)6)27-35(41(10,11)12)37(29)44-45(43-36(28)34(26-30)40(7,8)9)42(32-19-15-13-16-20-32)33-21-17-14-18-22-33/h24-27,32-33H,13-23H2,1-12H3. The molecule has 2 aliphatic carbocycles. The van der Waals surface area contributed by atoms with Gasteiger partial charge in [0.15, 0.2) is 0 Å². The number of nitrogens with zero attached hydrogens (tertiary/aromatic N) is 1. The summed E-state index contributed by atoms with van der Waals surface area (Å²) in [5.41, 5.74) is 8.04. The van der Waals surface area contributed by atoms with Crippen molar-refractivity contribution in [3.8, 4) is 11.5 Å². The molecule has 2 aromatic rings. The van der Waals surface area contributed by atoms with Gasteiger partial charge in [-0.15, -0.1) is 0 Å². The minimum atomic E-state index is -1.37. The van der Waals surface area contributed by atoms with Crippen molar-refractivity contribution in [1.82, 2.24) is 4.67 Å². The third-order valence-electron chi connectivity index (χ3n) is 10.5. The molecule has 1 aliphatic heterocycles. The van der Waals surface area contributed by atoms with Gasteiger partial charge in [0.25, 0.3) is 0 Å². The average Bonchev–Trinajstić information content (AvgIpc) is 2.92. The highest BCUT2D eigenvalue weighted by Crippen LogP contribution is 2.57. The zero-order chi connectivity index (χ0) is 32.9. The van der Waals surface area contributed by atoms with E-state index in [0.29, 0.717) is 12.1 Å². The smallest absolute Gasteiger partial charge is 0.385 e. The number of fused-ring (bicyclic) bond motifs is 2. The van der Waals surface area contributed by atoms with Gasteiger partial charge >= 0.3 is 8.53 Å². The van der Waals surface area contributed by atoms with Gasteiger partial charge in [0, 0.05) is 29.6 Å². The monoisotopic (exact) mass is 633 g/mol. The van der Waals surface area contributed by atoms with Crippen LogP contribution in [-0.2, 0) is 28.1 Å². The van der Waals surface area contributed by atoms with Crippen molar-refractivity contribution < 1.29 is 9.05 Å². The van der Waals surface area contributed by atoms with Gasteiger partial charge in [-0.25, -0.2) is 4.67 Å². The molecule has 3 nitrogen and oxygen atoms in total. The zero-order valence-electron chi connectivity index (χ0n) is 31.0. The fourth-order valence-electron chi connectivity index (χ4n) is 7.57.